The summed E-state index contributed by atoms with van der Waals surface area (Å²) in [5, 5.41) is 10.5. The molecule has 0 amide bonds. The van der Waals surface area contributed by atoms with Crippen molar-refractivity contribution in [2.24, 2.45) is 0 Å². The lowest BCUT2D eigenvalue weighted by molar-refractivity contribution is 0.0630. The van der Waals surface area contributed by atoms with Crippen LogP contribution in [-0.4, -0.2) is 62.1 Å². The van der Waals surface area contributed by atoms with Gasteiger partial charge in [-0.15, -0.1) is 0 Å². The molecule has 9 heteroatoms. The minimum Gasteiger partial charge on any atom is -0.490 e. The minimum atomic E-state index is -3.35. The number of sulfonamides is 1. The Morgan fingerprint density at radius 1 is 1.27 bits per heavy atom. The van der Waals surface area contributed by atoms with E-state index in [2.05, 4.69) is 9.62 Å². The summed E-state index contributed by atoms with van der Waals surface area (Å²) in [6.07, 6.45) is 0.992. The molecule has 1 aromatic carbocycles. The molecule has 148 valence electrons. The van der Waals surface area contributed by atoms with Crippen LogP contribution in [0.15, 0.2) is 18.2 Å². The molecule has 1 aliphatic heterocycles. The van der Waals surface area contributed by atoms with E-state index in [-0.39, 0.29) is 12.6 Å². The Bertz CT molecular complexity index is 692. The van der Waals surface area contributed by atoms with Crippen LogP contribution in [0, 0.1) is 0 Å². The Morgan fingerprint density at radius 2 is 1.92 bits per heavy atom. The number of benzene rings is 1. The largest absolute Gasteiger partial charge is 0.490 e. The number of likely N-dealkylation sites (tertiary alicyclic amines) is 1. The lowest BCUT2D eigenvalue weighted by Gasteiger charge is -2.33. The highest BCUT2D eigenvalue weighted by molar-refractivity contribution is 7.90. The van der Waals surface area contributed by atoms with Crippen LogP contribution in [0.5, 0.6) is 5.75 Å². The Balaban J connectivity index is 1.73. The van der Waals surface area contributed by atoms with Gasteiger partial charge in [-0.1, -0.05) is 23.2 Å². The SMILES string of the molecule is CC(C)S(=O)(=O)NCC(O)CN1CCC(Oc2ccc(Cl)c(Cl)c2)CC1. The molecule has 26 heavy (non-hydrogen) atoms. The monoisotopic (exact) mass is 424 g/mol. The number of aliphatic hydroxyl groups excluding tert-OH is 1. The molecular weight excluding hydrogens is 399 g/mol. The molecule has 6 nitrogen and oxygen atoms in total. The standard InChI is InChI=1S/C17H26Cl2N2O4S/c1-12(2)26(23,24)20-10-13(22)11-21-7-5-14(6-8-21)25-15-3-4-16(18)17(19)9-15/h3-4,9,12-14,20,22H,5-8,10-11H2,1-2H3. The third-order valence-corrected chi connectivity index (χ3v) is 6.89. The normalized spacial score (nSPS) is 18.2. The van der Waals surface area contributed by atoms with Crippen molar-refractivity contribution < 1.29 is 18.3 Å². The summed E-state index contributed by atoms with van der Waals surface area (Å²) in [5.74, 6) is 0.695. The highest BCUT2D eigenvalue weighted by Gasteiger charge is 2.23. The highest BCUT2D eigenvalue weighted by Crippen LogP contribution is 2.28. The molecule has 0 saturated carbocycles. The summed E-state index contributed by atoms with van der Waals surface area (Å²) in [7, 11) is -3.35. The first-order chi connectivity index (χ1) is 12.2. The van der Waals surface area contributed by atoms with E-state index in [1.165, 1.54) is 0 Å². The van der Waals surface area contributed by atoms with Crippen molar-refractivity contribution in [1.82, 2.24) is 9.62 Å². The van der Waals surface area contributed by atoms with Crippen molar-refractivity contribution in [3.8, 4) is 5.75 Å². The van der Waals surface area contributed by atoms with Crippen molar-refractivity contribution in [3.63, 3.8) is 0 Å². The van der Waals surface area contributed by atoms with E-state index in [9.17, 15) is 13.5 Å². The lowest BCUT2D eigenvalue weighted by atomic mass is 10.1. The Kier molecular flexibility index (Phi) is 8.00. The fourth-order valence-electron chi connectivity index (χ4n) is 2.69. The number of hydrogen-bond acceptors (Lipinski definition) is 5. The van der Waals surface area contributed by atoms with Gasteiger partial charge in [0.1, 0.15) is 11.9 Å². The van der Waals surface area contributed by atoms with Gasteiger partial charge in [0.05, 0.1) is 21.4 Å². The second kappa shape index (κ2) is 9.57. The maximum Gasteiger partial charge on any atom is 0.214 e. The van der Waals surface area contributed by atoms with Gasteiger partial charge in [0.2, 0.25) is 10.0 Å². The summed E-state index contributed by atoms with van der Waals surface area (Å²) in [6.45, 7) is 5.22. The van der Waals surface area contributed by atoms with Gasteiger partial charge in [0.15, 0.2) is 0 Å². The van der Waals surface area contributed by atoms with Gasteiger partial charge in [-0.2, -0.15) is 0 Å². The molecule has 1 aliphatic rings. The number of β-amino-alcohol motifs (C(OH)–C–C–N with tert-alkyl or cyclic N) is 1. The van der Waals surface area contributed by atoms with Gasteiger partial charge in [-0.3, -0.25) is 0 Å². The number of hydrogen-bond donors (Lipinski definition) is 2. The first kappa shape index (κ1) is 21.7. The number of ether oxygens (including phenoxy) is 1. The van der Waals surface area contributed by atoms with Crippen LogP contribution in [-0.2, 0) is 10.0 Å². The minimum absolute atomic E-state index is 0.0280. The van der Waals surface area contributed by atoms with Crippen molar-refractivity contribution in [2.75, 3.05) is 26.2 Å². The number of aliphatic hydroxyl groups is 1. The highest BCUT2D eigenvalue weighted by atomic mass is 35.5. The molecule has 1 saturated heterocycles. The van der Waals surface area contributed by atoms with Crippen LogP contribution >= 0.6 is 23.2 Å². The number of nitrogens with one attached hydrogen (secondary N) is 1. The van der Waals surface area contributed by atoms with Gasteiger partial charge in [0, 0.05) is 32.2 Å². The molecule has 2 N–H and O–H groups in total. The van der Waals surface area contributed by atoms with Gasteiger partial charge >= 0.3 is 0 Å². The molecule has 1 unspecified atom stereocenters. The summed E-state index contributed by atoms with van der Waals surface area (Å²) >= 11 is 11.9. The van der Waals surface area contributed by atoms with Gasteiger partial charge in [-0.05, 0) is 38.8 Å². The molecule has 0 radical (unpaired) electrons. The first-order valence-corrected chi connectivity index (χ1v) is 11.0. The summed E-state index contributed by atoms with van der Waals surface area (Å²) in [6, 6.07) is 5.22. The number of nitrogens with zero attached hydrogens (tertiary/aromatic N) is 1. The van der Waals surface area contributed by atoms with Gasteiger partial charge in [-0.25, -0.2) is 13.1 Å². The predicted octanol–water partition coefficient (Wildman–Crippen LogP) is 2.53. The third-order valence-electron chi connectivity index (χ3n) is 4.34. The zero-order valence-corrected chi connectivity index (χ0v) is 17.3. The number of halogens is 2. The molecule has 1 fully saturated rings. The van der Waals surface area contributed by atoms with Crippen LogP contribution in [0.25, 0.3) is 0 Å². The summed E-state index contributed by atoms with van der Waals surface area (Å²) < 4.78 is 31.8. The number of piperidine rings is 1. The quantitative estimate of drug-likeness (QED) is 0.669. The van der Waals surface area contributed by atoms with E-state index in [0.29, 0.717) is 22.3 Å². The van der Waals surface area contributed by atoms with Crippen LogP contribution in [0.1, 0.15) is 26.7 Å². The predicted molar refractivity (Wildman–Crippen MR) is 105 cm³/mol. The molecule has 0 bridgehead atoms. The van der Waals surface area contributed by atoms with E-state index >= 15 is 0 Å². The molecule has 0 spiro atoms. The first-order valence-electron chi connectivity index (χ1n) is 8.68. The molecule has 1 atom stereocenters. The van der Waals surface area contributed by atoms with Gasteiger partial charge < -0.3 is 14.7 Å². The van der Waals surface area contributed by atoms with E-state index in [0.717, 1.165) is 25.9 Å². The van der Waals surface area contributed by atoms with Crippen molar-refractivity contribution in [3.05, 3.63) is 28.2 Å². The van der Waals surface area contributed by atoms with E-state index in [4.69, 9.17) is 27.9 Å². The van der Waals surface area contributed by atoms with Gasteiger partial charge in [0.25, 0.3) is 0 Å². The fourth-order valence-corrected chi connectivity index (χ4v) is 3.74. The zero-order chi connectivity index (χ0) is 19.3. The van der Waals surface area contributed by atoms with Crippen LogP contribution < -0.4 is 9.46 Å². The van der Waals surface area contributed by atoms with Crippen LogP contribution in [0.4, 0.5) is 0 Å². The molecule has 0 aromatic heterocycles. The number of rotatable bonds is 8. The Labute approximate surface area is 165 Å². The summed E-state index contributed by atoms with van der Waals surface area (Å²) in [4.78, 5) is 2.11. The molecule has 1 heterocycles. The fraction of sp³-hybridized carbons (Fsp3) is 0.647. The topological polar surface area (TPSA) is 78.9 Å². The molecular formula is C17H26Cl2N2O4S. The second-order valence-corrected chi connectivity index (χ2v) is 9.93. The van der Waals surface area contributed by atoms with Crippen molar-refractivity contribution in [1.29, 1.82) is 0 Å². The van der Waals surface area contributed by atoms with Crippen molar-refractivity contribution in [2.45, 2.75) is 44.1 Å². The average molecular weight is 425 g/mol. The van der Waals surface area contributed by atoms with Crippen molar-refractivity contribution >= 4 is 33.2 Å². The van der Waals surface area contributed by atoms with E-state index in [1.54, 1.807) is 32.0 Å². The second-order valence-electron chi connectivity index (χ2n) is 6.79. The lowest BCUT2D eigenvalue weighted by Crippen LogP contribution is -2.45. The summed E-state index contributed by atoms with van der Waals surface area (Å²) in [5.41, 5.74) is 0. The van der Waals surface area contributed by atoms with Crippen LogP contribution in [0.2, 0.25) is 10.0 Å². The van der Waals surface area contributed by atoms with E-state index < -0.39 is 21.4 Å². The molecule has 2 rings (SSSR count). The molecule has 0 aliphatic carbocycles. The maximum absolute atomic E-state index is 11.7. The Hall–Kier alpha value is -0.570. The third kappa shape index (κ3) is 6.55. The Morgan fingerprint density at radius 3 is 2.50 bits per heavy atom. The van der Waals surface area contributed by atoms with E-state index in [1.807, 2.05) is 0 Å². The zero-order valence-electron chi connectivity index (χ0n) is 15.0. The van der Waals surface area contributed by atoms with Crippen LogP contribution in [0.3, 0.4) is 0 Å². The smallest absolute Gasteiger partial charge is 0.214 e. The molecule has 1 aromatic rings. The average Bonchev–Trinajstić information content (AvgIpc) is 2.58. The maximum atomic E-state index is 11.7.